The van der Waals surface area contributed by atoms with E-state index in [1.807, 2.05) is 11.6 Å². The van der Waals surface area contributed by atoms with E-state index < -0.39 is 5.82 Å². The lowest BCUT2D eigenvalue weighted by Gasteiger charge is -2.07. The zero-order valence-electron chi connectivity index (χ0n) is 10.8. The summed E-state index contributed by atoms with van der Waals surface area (Å²) in [6.07, 6.45) is 0.711. The van der Waals surface area contributed by atoms with Gasteiger partial charge in [-0.15, -0.1) is 0 Å². The predicted octanol–water partition coefficient (Wildman–Crippen LogP) is 2.50. The number of aromatic nitrogens is 2. The molecule has 0 fully saturated rings. The van der Waals surface area contributed by atoms with Gasteiger partial charge < -0.3 is 15.0 Å². The lowest BCUT2D eigenvalue weighted by molar-refractivity contribution is 0.386. The maximum atomic E-state index is 13.7. The summed E-state index contributed by atoms with van der Waals surface area (Å²) in [6, 6.07) is 4.79. The fraction of sp³-hybridized carbons (Fsp3) is 0.308. The van der Waals surface area contributed by atoms with Crippen molar-refractivity contribution >= 4 is 15.9 Å². The van der Waals surface area contributed by atoms with Crippen molar-refractivity contribution in [2.75, 3.05) is 13.7 Å². The number of halogens is 2. The van der Waals surface area contributed by atoms with Crippen molar-refractivity contribution < 1.29 is 9.13 Å². The molecule has 0 aliphatic heterocycles. The van der Waals surface area contributed by atoms with Crippen LogP contribution < -0.4 is 10.5 Å². The van der Waals surface area contributed by atoms with Gasteiger partial charge in [0.25, 0.3) is 0 Å². The van der Waals surface area contributed by atoms with Crippen molar-refractivity contribution in [2.45, 2.75) is 6.42 Å². The maximum absolute atomic E-state index is 13.7. The minimum Gasteiger partial charge on any atom is -0.494 e. The molecule has 4 nitrogen and oxygen atoms in total. The third-order valence-corrected chi connectivity index (χ3v) is 3.59. The number of ether oxygens (including phenoxy) is 1. The van der Waals surface area contributed by atoms with Crippen LogP contribution in [0.5, 0.6) is 5.75 Å². The van der Waals surface area contributed by atoms with Gasteiger partial charge in [0.15, 0.2) is 11.6 Å². The highest BCUT2D eigenvalue weighted by Gasteiger charge is 2.15. The molecule has 102 valence electrons. The Morgan fingerprint density at radius 3 is 2.79 bits per heavy atom. The first-order valence-corrected chi connectivity index (χ1v) is 6.62. The normalized spacial score (nSPS) is 10.8. The average molecular weight is 328 g/mol. The van der Waals surface area contributed by atoms with Gasteiger partial charge in [0.05, 0.1) is 12.8 Å². The van der Waals surface area contributed by atoms with Crippen LogP contribution in [-0.2, 0) is 13.5 Å². The largest absolute Gasteiger partial charge is 0.494 e. The van der Waals surface area contributed by atoms with Crippen LogP contribution >= 0.6 is 15.9 Å². The smallest absolute Gasteiger partial charge is 0.165 e. The van der Waals surface area contributed by atoms with Gasteiger partial charge in [0, 0.05) is 19.0 Å². The van der Waals surface area contributed by atoms with Crippen molar-refractivity contribution in [1.29, 1.82) is 0 Å². The first kappa shape index (κ1) is 14.0. The molecule has 1 heterocycles. The van der Waals surface area contributed by atoms with Crippen LogP contribution in [0.1, 0.15) is 5.69 Å². The van der Waals surface area contributed by atoms with Crippen LogP contribution in [0.3, 0.4) is 0 Å². The van der Waals surface area contributed by atoms with Crippen LogP contribution in [0, 0.1) is 5.82 Å². The Balaban J connectivity index is 2.47. The van der Waals surface area contributed by atoms with E-state index in [2.05, 4.69) is 20.9 Å². The summed E-state index contributed by atoms with van der Waals surface area (Å²) < 4.78 is 21.3. The highest BCUT2D eigenvalue weighted by molar-refractivity contribution is 9.10. The molecule has 0 saturated carbocycles. The fourth-order valence-electron chi connectivity index (χ4n) is 1.97. The number of hydrogen-bond acceptors (Lipinski definition) is 3. The summed E-state index contributed by atoms with van der Waals surface area (Å²) in [7, 11) is 3.33. The lowest BCUT2D eigenvalue weighted by atomic mass is 10.2. The van der Waals surface area contributed by atoms with Crippen LogP contribution in [0.25, 0.3) is 11.4 Å². The quantitative estimate of drug-likeness (QED) is 0.938. The zero-order chi connectivity index (χ0) is 14.0. The number of rotatable bonds is 4. The Bertz CT molecular complexity index is 598. The van der Waals surface area contributed by atoms with Crippen molar-refractivity contribution in [2.24, 2.45) is 12.8 Å². The van der Waals surface area contributed by atoms with E-state index in [-0.39, 0.29) is 5.75 Å². The van der Waals surface area contributed by atoms with E-state index >= 15 is 0 Å². The molecule has 0 spiro atoms. The Kier molecular flexibility index (Phi) is 4.21. The number of imidazole rings is 1. The van der Waals surface area contributed by atoms with Gasteiger partial charge in [0.1, 0.15) is 10.4 Å². The molecule has 2 N–H and O–H groups in total. The van der Waals surface area contributed by atoms with Crippen LogP contribution in [0.2, 0.25) is 0 Å². The molecule has 0 aliphatic carbocycles. The van der Waals surface area contributed by atoms with Crippen molar-refractivity contribution in [1.82, 2.24) is 9.55 Å². The Labute approximate surface area is 119 Å². The van der Waals surface area contributed by atoms with Gasteiger partial charge in [-0.25, -0.2) is 9.37 Å². The highest BCUT2D eigenvalue weighted by atomic mass is 79.9. The summed E-state index contributed by atoms with van der Waals surface area (Å²) in [5.41, 5.74) is 7.26. The molecule has 0 amide bonds. The van der Waals surface area contributed by atoms with E-state index in [0.717, 1.165) is 10.3 Å². The molecule has 0 atom stereocenters. The van der Waals surface area contributed by atoms with Crippen molar-refractivity contribution in [3.63, 3.8) is 0 Å². The van der Waals surface area contributed by atoms with Gasteiger partial charge in [-0.1, -0.05) is 0 Å². The first-order valence-electron chi connectivity index (χ1n) is 5.83. The van der Waals surface area contributed by atoms with Gasteiger partial charge in [-0.2, -0.15) is 0 Å². The molecule has 0 unspecified atom stereocenters. The molecule has 1 aromatic carbocycles. The van der Waals surface area contributed by atoms with Crippen LogP contribution in [0.4, 0.5) is 4.39 Å². The third-order valence-electron chi connectivity index (χ3n) is 2.96. The minimum atomic E-state index is -0.403. The maximum Gasteiger partial charge on any atom is 0.165 e. The second-order valence-electron chi connectivity index (χ2n) is 4.12. The molecule has 0 saturated heterocycles. The summed E-state index contributed by atoms with van der Waals surface area (Å²) >= 11 is 3.41. The number of methoxy groups -OCH3 is 1. The molecule has 2 rings (SSSR count). The topological polar surface area (TPSA) is 53.1 Å². The summed E-state index contributed by atoms with van der Waals surface area (Å²) in [4.78, 5) is 4.41. The molecule has 2 aromatic rings. The zero-order valence-corrected chi connectivity index (χ0v) is 12.4. The molecule has 0 bridgehead atoms. The van der Waals surface area contributed by atoms with E-state index in [0.29, 0.717) is 24.4 Å². The first-order chi connectivity index (χ1) is 9.08. The van der Waals surface area contributed by atoms with Crippen LogP contribution in [0.15, 0.2) is 22.8 Å². The summed E-state index contributed by atoms with van der Waals surface area (Å²) in [6.45, 7) is 0.536. The second-order valence-corrected chi connectivity index (χ2v) is 4.87. The standard InChI is InChI=1S/C13H15BrFN3O/c1-18-10(5-6-16)12(14)17-13(18)8-3-4-11(19-2)9(15)7-8/h3-4,7H,5-6,16H2,1-2H3. The van der Waals surface area contributed by atoms with E-state index in [4.69, 9.17) is 10.5 Å². The predicted molar refractivity (Wildman–Crippen MR) is 75.6 cm³/mol. The Morgan fingerprint density at radius 1 is 1.47 bits per heavy atom. The van der Waals surface area contributed by atoms with E-state index in [1.165, 1.54) is 13.2 Å². The van der Waals surface area contributed by atoms with Crippen molar-refractivity contribution in [3.05, 3.63) is 34.3 Å². The van der Waals surface area contributed by atoms with Gasteiger partial charge >= 0.3 is 0 Å². The van der Waals surface area contributed by atoms with Crippen LogP contribution in [-0.4, -0.2) is 23.2 Å². The lowest BCUT2D eigenvalue weighted by Crippen LogP contribution is -2.07. The Hall–Kier alpha value is -1.40. The fourth-order valence-corrected chi connectivity index (χ4v) is 2.60. The number of hydrogen-bond donors (Lipinski definition) is 1. The SMILES string of the molecule is COc1ccc(-c2nc(Br)c(CCN)n2C)cc1F. The monoisotopic (exact) mass is 327 g/mol. The Morgan fingerprint density at radius 2 is 2.21 bits per heavy atom. The summed E-state index contributed by atoms with van der Waals surface area (Å²) in [5.74, 6) is 0.510. The number of benzene rings is 1. The molecule has 0 radical (unpaired) electrons. The third kappa shape index (κ3) is 2.64. The molecule has 19 heavy (non-hydrogen) atoms. The molecular weight excluding hydrogens is 313 g/mol. The summed E-state index contributed by atoms with van der Waals surface area (Å²) in [5, 5.41) is 0. The van der Waals surface area contributed by atoms with Crippen molar-refractivity contribution in [3.8, 4) is 17.1 Å². The van der Waals surface area contributed by atoms with Gasteiger partial charge in [0.2, 0.25) is 0 Å². The molecule has 1 aromatic heterocycles. The number of nitrogens with zero attached hydrogens (tertiary/aromatic N) is 2. The molecule has 6 heteroatoms. The highest BCUT2D eigenvalue weighted by Crippen LogP contribution is 2.28. The van der Waals surface area contributed by atoms with Gasteiger partial charge in [-0.05, 0) is 40.7 Å². The molecular formula is C13H15BrFN3O. The van der Waals surface area contributed by atoms with E-state index in [1.54, 1.807) is 12.1 Å². The minimum absolute atomic E-state index is 0.221. The average Bonchev–Trinajstić information content (AvgIpc) is 2.67. The van der Waals surface area contributed by atoms with E-state index in [9.17, 15) is 4.39 Å². The van der Waals surface area contributed by atoms with Gasteiger partial charge in [-0.3, -0.25) is 0 Å². The molecule has 0 aliphatic rings. The second kappa shape index (κ2) is 5.71. The number of nitrogens with two attached hydrogens (primary N) is 1.